The second-order valence-corrected chi connectivity index (χ2v) is 4.16. The van der Waals surface area contributed by atoms with Crippen LogP contribution in [0.4, 0.5) is 5.69 Å². The zero-order valence-electron chi connectivity index (χ0n) is 8.58. The Kier molecular flexibility index (Phi) is 4.12. The van der Waals surface area contributed by atoms with Crippen molar-refractivity contribution in [2.24, 2.45) is 10.9 Å². The number of hydrogen-bond acceptors (Lipinski definition) is 5. The monoisotopic (exact) mass is 241 g/mol. The predicted octanol–water partition coefficient (Wildman–Crippen LogP) is 1.80. The van der Waals surface area contributed by atoms with Gasteiger partial charge >= 0.3 is 0 Å². The third-order valence-electron chi connectivity index (χ3n) is 1.86. The van der Waals surface area contributed by atoms with Crippen molar-refractivity contribution in [3.63, 3.8) is 0 Å². The maximum Gasteiger partial charge on any atom is 0.283 e. The molecule has 0 spiro atoms. The summed E-state index contributed by atoms with van der Waals surface area (Å²) in [6.45, 7) is 1.91. The Bertz CT molecular complexity index is 434. The summed E-state index contributed by atoms with van der Waals surface area (Å²) in [4.78, 5) is 10.9. The van der Waals surface area contributed by atoms with Gasteiger partial charge in [-0.15, -0.1) is 11.8 Å². The first kappa shape index (κ1) is 12.3. The van der Waals surface area contributed by atoms with Crippen molar-refractivity contribution in [1.82, 2.24) is 0 Å². The fourth-order valence-electron chi connectivity index (χ4n) is 1.15. The van der Waals surface area contributed by atoms with Gasteiger partial charge in [0.2, 0.25) is 0 Å². The number of benzene rings is 1. The van der Waals surface area contributed by atoms with E-state index in [1.54, 1.807) is 12.1 Å². The third-order valence-corrected chi connectivity index (χ3v) is 2.80. The van der Waals surface area contributed by atoms with E-state index in [9.17, 15) is 10.1 Å². The van der Waals surface area contributed by atoms with Gasteiger partial charge in [-0.25, -0.2) is 0 Å². The van der Waals surface area contributed by atoms with Crippen LogP contribution < -0.4 is 5.73 Å². The molecule has 1 rings (SSSR count). The lowest BCUT2D eigenvalue weighted by molar-refractivity contribution is -0.387. The predicted molar refractivity (Wildman–Crippen MR) is 62.0 cm³/mol. The Morgan fingerprint density at radius 2 is 2.38 bits per heavy atom. The van der Waals surface area contributed by atoms with Crippen LogP contribution in [0.3, 0.4) is 0 Å². The summed E-state index contributed by atoms with van der Waals surface area (Å²) in [5.41, 5.74) is 5.65. The highest BCUT2D eigenvalue weighted by Gasteiger charge is 2.15. The van der Waals surface area contributed by atoms with E-state index in [0.717, 1.165) is 5.75 Å². The summed E-state index contributed by atoms with van der Waals surface area (Å²) in [5.74, 6) is 0.597. The summed E-state index contributed by atoms with van der Waals surface area (Å²) >= 11 is 1.37. The molecule has 1 aromatic carbocycles. The minimum atomic E-state index is -0.480. The molecule has 6 nitrogen and oxygen atoms in total. The average molecular weight is 241 g/mol. The van der Waals surface area contributed by atoms with Gasteiger partial charge in [0, 0.05) is 11.6 Å². The second kappa shape index (κ2) is 5.36. The molecule has 0 bridgehead atoms. The third kappa shape index (κ3) is 2.63. The Labute approximate surface area is 96.3 Å². The van der Waals surface area contributed by atoms with Crippen LogP contribution in [0.25, 0.3) is 0 Å². The summed E-state index contributed by atoms with van der Waals surface area (Å²) in [5, 5.41) is 22.1. The first-order valence-corrected chi connectivity index (χ1v) is 5.47. The van der Waals surface area contributed by atoms with Crippen LogP contribution in [0.1, 0.15) is 12.5 Å². The van der Waals surface area contributed by atoms with Crippen molar-refractivity contribution in [3.05, 3.63) is 33.9 Å². The molecule has 0 heterocycles. The maximum absolute atomic E-state index is 10.8. The molecule has 3 N–H and O–H groups in total. The van der Waals surface area contributed by atoms with Crippen molar-refractivity contribution in [2.75, 3.05) is 5.75 Å². The van der Waals surface area contributed by atoms with Gasteiger partial charge in [0.05, 0.1) is 9.82 Å². The van der Waals surface area contributed by atoms with Crippen molar-refractivity contribution in [2.45, 2.75) is 11.8 Å². The van der Waals surface area contributed by atoms with E-state index in [1.807, 2.05) is 6.92 Å². The smallest absolute Gasteiger partial charge is 0.283 e. The number of nitrogens with two attached hydrogens (primary N) is 1. The molecule has 0 amide bonds. The number of hydrogen-bond donors (Lipinski definition) is 2. The minimum absolute atomic E-state index is 0.0315. The molecule has 0 atom stereocenters. The van der Waals surface area contributed by atoms with E-state index >= 15 is 0 Å². The molecule has 16 heavy (non-hydrogen) atoms. The van der Waals surface area contributed by atoms with Crippen molar-refractivity contribution >= 4 is 23.3 Å². The number of thioether (sulfide) groups is 1. The molecule has 1 aromatic rings. The zero-order valence-corrected chi connectivity index (χ0v) is 9.40. The Morgan fingerprint density at radius 3 is 2.88 bits per heavy atom. The molecule has 0 aromatic heterocycles. The van der Waals surface area contributed by atoms with Crippen molar-refractivity contribution in [3.8, 4) is 0 Å². The molecule has 0 radical (unpaired) electrons. The van der Waals surface area contributed by atoms with E-state index in [-0.39, 0.29) is 11.5 Å². The van der Waals surface area contributed by atoms with Gasteiger partial charge in [-0.3, -0.25) is 10.1 Å². The molecule has 86 valence electrons. The highest BCUT2D eigenvalue weighted by molar-refractivity contribution is 7.99. The number of rotatable bonds is 4. The number of oxime groups is 1. The van der Waals surface area contributed by atoms with Gasteiger partial charge in [0.15, 0.2) is 5.84 Å². The molecule has 0 aliphatic carbocycles. The van der Waals surface area contributed by atoms with Crippen molar-refractivity contribution in [1.29, 1.82) is 0 Å². The first-order chi connectivity index (χ1) is 7.60. The second-order valence-electron chi connectivity index (χ2n) is 2.86. The Balaban J connectivity index is 3.22. The lowest BCUT2D eigenvalue weighted by atomic mass is 10.2. The highest BCUT2D eigenvalue weighted by Crippen LogP contribution is 2.29. The minimum Gasteiger partial charge on any atom is -0.409 e. The van der Waals surface area contributed by atoms with E-state index in [0.29, 0.717) is 10.5 Å². The van der Waals surface area contributed by atoms with Gasteiger partial charge in [0.1, 0.15) is 0 Å². The van der Waals surface area contributed by atoms with E-state index in [2.05, 4.69) is 5.16 Å². The SMILES string of the molecule is CCSc1ccc(C(N)=NO)cc1[N+](=O)[O-]. The highest BCUT2D eigenvalue weighted by atomic mass is 32.2. The molecule has 0 aliphatic rings. The van der Waals surface area contributed by atoms with Gasteiger partial charge in [-0.2, -0.15) is 0 Å². The first-order valence-electron chi connectivity index (χ1n) is 4.49. The Hall–Kier alpha value is -1.76. The van der Waals surface area contributed by atoms with E-state index < -0.39 is 4.92 Å². The average Bonchev–Trinajstić information content (AvgIpc) is 2.28. The molecule has 0 unspecified atom stereocenters. The van der Waals surface area contributed by atoms with Crippen LogP contribution in [0.15, 0.2) is 28.3 Å². The van der Waals surface area contributed by atoms with Crippen LogP contribution in [-0.4, -0.2) is 21.7 Å². The summed E-state index contributed by atoms with van der Waals surface area (Å²) in [7, 11) is 0. The standard InChI is InChI=1S/C9H11N3O3S/c1-2-16-8-4-3-6(9(10)11-13)5-7(8)12(14)15/h3-5,13H,2H2,1H3,(H2,10,11). The molecule has 7 heteroatoms. The van der Waals surface area contributed by atoms with Crippen LogP contribution in [0.5, 0.6) is 0 Å². The van der Waals surface area contributed by atoms with Crippen LogP contribution in [0, 0.1) is 10.1 Å². The lowest BCUT2D eigenvalue weighted by Gasteiger charge is -2.03. The summed E-state index contributed by atoms with van der Waals surface area (Å²) < 4.78 is 0. The van der Waals surface area contributed by atoms with E-state index in [1.165, 1.54) is 17.8 Å². The van der Waals surface area contributed by atoms with Crippen LogP contribution >= 0.6 is 11.8 Å². The molecule has 0 aliphatic heterocycles. The summed E-state index contributed by atoms with van der Waals surface area (Å²) in [6.07, 6.45) is 0. The van der Waals surface area contributed by atoms with Crippen LogP contribution in [-0.2, 0) is 0 Å². The van der Waals surface area contributed by atoms with Gasteiger partial charge < -0.3 is 10.9 Å². The number of nitro groups is 1. The Morgan fingerprint density at radius 1 is 1.69 bits per heavy atom. The zero-order chi connectivity index (χ0) is 12.1. The quantitative estimate of drug-likeness (QED) is 0.209. The molecule has 0 saturated heterocycles. The molecule has 0 saturated carbocycles. The topological polar surface area (TPSA) is 102 Å². The number of nitrogens with zero attached hydrogens (tertiary/aromatic N) is 2. The van der Waals surface area contributed by atoms with Crippen LogP contribution in [0.2, 0.25) is 0 Å². The van der Waals surface area contributed by atoms with Gasteiger partial charge in [-0.05, 0) is 17.9 Å². The molecule has 0 fully saturated rings. The maximum atomic E-state index is 10.8. The normalized spacial score (nSPS) is 11.4. The molecular weight excluding hydrogens is 230 g/mol. The fourth-order valence-corrected chi connectivity index (χ4v) is 1.91. The molecular formula is C9H11N3O3S. The summed E-state index contributed by atoms with van der Waals surface area (Å²) in [6, 6.07) is 4.48. The van der Waals surface area contributed by atoms with Crippen molar-refractivity contribution < 1.29 is 10.1 Å². The lowest BCUT2D eigenvalue weighted by Crippen LogP contribution is -2.13. The van der Waals surface area contributed by atoms with Gasteiger partial charge in [0.25, 0.3) is 5.69 Å². The van der Waals surface area contributed by atoms with Gasteiger partial charge in [-0.1, -0.05) is 12.1 Å². The largest absolute Gasteiger partial charge is 0.409 e. The number of amidine groups is 1. The van der Waals surface area contributed by atoms with E-state index in [4.69, 9.17) is 10.9 Å². The number of nitro benzene ring substituents is 1. The fraction of sp³-hybridized carbons (Fsp3) is 0.222.